The average Bonchev–Trinajstić information content (AvgIpc) is 2.39. The van der Waals surface area contributed by atoms with Crippen LogP contribution in [0.5, 0.6) is 0 Å². The molecule has 1 aromatic heterocycles. The number of rotatable bonds is 4. The Hall–Kier alpha value is -0.540. The smallest absolute Gasteiger partial charge is 0.130 e. The summed E-state index contributed by atoms with van der Waals surface area (Å²) in [6.45, 7) is 5.86. The predicted octanol–water partition coefficient (Wildman–Crippen LogP) is 2.33. The average molecular weight is 231 g/mol. The van der Waals surface area contributed by atoms with Crippen LogP contribution in [-0.4, -0.2) is 21.0 Å². The minimum absolute atomic E-state index is 0.255. The second-order valence-corrected chi connectivity index (χ2v) is 4.45. The molecule has 1 aromatic rings. The molecule has 0 saturated heterocycles. The van der Waals surface area contributed by atoms with Gasteiger partial charge in [0.05, 0.1) is 11.8 Å². The molecule has 0 spiro atoms. The summed E-state index contributed by atoms with van der Waals surface area (Å²) in [6.07, 6.45) is 1.44. The molecular formula is C11H19ClN2O. The zero-order valence-electron chi connectivity index (χ0n) is 9.79. The van der Waals surface area contributed by atoms with Crippen LogP contribution in [0.4, 0.5) is 0 Å². The van der Waals surface area contributed by atoms with E-state index in [9.17, 15) is 5.11 Å². The van der Waals surface area contributed by atoms with Crippen molar-refractivity contribution in [2.45, 2.75) is 39.7 Å². The molecule has 1 heterocycles. The molecule has 0 fully saturated rings. The Morgan fingerprint density at radius 3 is 2.47 bits per heavy atom. The molecule has 0 saturated carbocycles. The lowest BCUT2D eigenvalue weighted by Gasteiger charge is -2.17. The number of aromatic nitrogens is 2. The zero-order chi connectivity index (χ0) is 11.6. The van der Waals surface area contributed by atoms with E-state index >= 15 is 0 Å². The Bertz CT molecular complexity index is 334. The normalized spacial score (nSPS) is 15.3. The molecule has 86 valence electrons. The fourth-order valence-corrected chi connectivity index (χ4v) is 2.08. The molecule has 0 bridgehead atoms. The lowest BCUT2D eigenvalue weighted by Crippen LogP contribution is -2.18. The second-order valence-electron chi connectivity index (χ2n) is 4.09. The molecule has 3 nitrogen and oxygen atoms in total. The van der Waals surface area contributed by atoms with Crippen LogP contribution in [0.3, 0.4) is 0 Å². The van der Waals surface area contributed by atoms with Gasteiger partial charge in [-0.1, -0.05) is 24.9 Å². The largest absolute Gasteiger partial charge is 0.393 e. The highest BCUT2D eigenvalue weighted by Gasteiger charge is 2.19. The first-order valence-electron chi connectivity index (χ1n) is 5.33. The quantitative estimate of drug-likeness (QED) is 0.862. The third kappa shape index (κ3) is 2.73. The molecule has 0 aliphatic heterocycles. The summed E-state index contributed by atoms with van der Waals surface area (Å²) >= 11 is 6.14. The van der Waals surface area contributed by atoms with E-state index in [0.717, 1.165) is 24.1 Å². The van der Waals surface area contributed by atoms with Crippen molar-refractivity contribution >= 4 is 11.6 Å². The van der Waals surface area contributed by atoms with Crippen molar-refractivity contribution in [3.8, 4) is 0 Å². The van der Waals surface area contributed by atoms with Gasteiger partial charge in [0.15, 0.2) is 0 Å². The minimum Gasteiger partial charge on any atom is -0.393 e. The van der Waals surface area contributed by atoms with Crippen LogP contribution in [-0.2, 0) is 13.5 Å². The van der Waals surface area contributed by atoms with Crippen LogP contribution in [0.1, 0.15) is 31.5 Å². The zero-order valence-corrected chi connectivity index (χ0v) is 10.5. The molecule has 1 N–H and O–H groups in total. The van der Waals surface area contributed by atoms with Gasteiger partial charge >= 0.3 is 0 Å². The van der Waals surface area contributed by atoms with Crippen LogP contribution < -0.4 is 0 Å². The van der Waals surface area contributed by atoms with Gasteiger partial charge in [-0.25, -0.2) is 0 Å². The third-order valence-electron chi connectivity index (χ3n) is 2.94. The maximum absolute atomic E-state index is 9.59. The fourth-order valence-electron chi connectivity index (χ4n) is 1.82. The Balaban J connectivity index is 2.88. The number of aliphatic hydroxyl groups is 1. The monoisotopic (exact) mass is 230 g/mol. The molecule has 2 atom stereocenters. The lowest BCUT2D eigenvalue weighted by atomic mass is 9.93. The van der Waals surface area contributed by atoms with E-state index in [4.69, 9.17) is 11.6 Å². The highest BCUT2D eigenvalue weighted by Crippen LogP contribution is 2.24. The third-order valence-corrected chi connectivity index (χ3v) is 3.42. The standard InChI is InChI=1S/C11H19ClN2O/c1-5-9(8(3)15)6-10-7(2)13-14(4)11(10)12/h8-9,15H,5-6H2,1-4H3. The lowest BCUT2D eigenvalue weighted by molar-refractivity contribution is 0.123. The molecular weight excluding hydrogens is 212 g/mol. The topological polar surface area (TPSA) is 38.0 Å². The van der Waals surface area contributed by atoms with Crippen molar-refractivity contribution < 1.29 is 5.11 Å². The van der Waals surface area contributed by atoms with E-state index < -0.39 is 0 Å². The molecule has 2 unspecified atom stereocenters. The summed E-state index contributed by atoms with van der Waals surface area (Å²) in [5.41, 5.74) is 2.02. The number of hydrogen-bond donors (Lipinski definition) is 1. The van der Waals surface area contributed by atoms with Crippen LogP contribution in [0.25, 0.3) is 0 Å². The van der Waals surface area contributed by atoms with Gasteiger partial charge in [-0.05, 0) is 26.2 Å². The fraction of sp³-hybridized carbons (Fsp3) is 0.727. The van der Waals surface area contributed by atoms with Gasteiger partial charge in [-0.2, -0.15) is 5.10 Å². The number of hydrogen-bond acceptors (Lipinski definition) is 2. The Morgan fingerprint density at radius 2 is 2.13 bits per heavy atom. The van der Waals surface area contributed by atoms with Crippen LogP contribution >= 0.6 is 11.6 Å². The van der Waals surface area contributed by atoms with Crippen LogP contribution in [0.2, 0.25) is 5.15 Å². The van der Waals surface area contributed by atoms with Crippen molar-refractivity contribution in [2.24, 2.45) is 13.0 Å². The van der Waals surface area contributed by atoms with E-state index in [-0.39, 0.29) is 12.0 Å². The van der Waals surface area contributed by atoms with Crippen molar-refractivity contribution in [3.63, 3.8) is 0 Å². The molecule has 1 rings (SSSR count). The van der Waals surface area contributed by atoms with E-state index in [1.165, 1.54) is 0 Å². The Morgan fingerprint density at radius 1 is 1.53 bits per heavy atom. The van der Waals surface area contributed by atoms with E-state index in [1.807, 2.05) is 20.9 Å². The highest BCUT2D eigenvalue weighted by molar-refractivity contribution is 6.30. The molecule has 0 amide bonds. The van der Waals surface area contributed by atoms with Gasteiger partial charge in [-0.3, -0.25) is 4.68 Å². The van der Waals surface area contributed by atoms with Crippen LogP contribution in [0, 0.1) is 12.8 Å². The summed E-state index contributed by atoms with van der Waals surface area (Å²) in [6, 6.07) is 0. The van der Waals surface area contributed by atoms with Gasteiger partial charge < -0.3 is 5.11 Å². The number of nitrogens with zero attached hydrogens (tertiary/aromatic N) is 2. The maximum atomic E-state index is 9.59. The van der Waals surface area contributed by atoms with Gasteiger partial charge in [0.25, 0.3) is 0 Å². The van der Waals surface area contributed by atoms with Gasteiger partial charge in [-0.15, -0.1) is 0 Å². The van der Waals surface area contributed by atoms with Crippen molar-refractivity contribution in [1.82, 2.24) is 9.78 Å². The SMILES string of the molecule is CCC(Cc1c(C)nn(C)c1Cl)C(C)O. The van der Waals surface area contributed by atoms with Crippen molar-refractivity contribution in [3.05, 3.63) is 16.4 Å². The van der Waals surface area contributed by atoms with E-state index in [2.05, 4.69) is 12.0 Å². The summed E-state index contributed by atoms with van der Waals surface area (Å²) in [7, 11) is 1.84. The Labute approximate surface area is 96.1 Å². The number of halogens is 1. The number of aliphatic hydroxyl groups excluding tert-OH is 1. The molecule has 0 aromatic carbocycles. The summed E-state index contributed by atoms with van der Waals surface area (Å²) in [5.74, 6) is 0.255. The van der Waals surface area contributed by atoms with Gasteiger partial charge in [0.1, 0.15) is 5.15 Å². The summed E-state index contributed by atoms with van der Waals surface area (Å²) in [5, 5.41) is 14.5. The highest BCUT2D eigenvalue weighted by atomic mass is 35.5. The van der Waals surface area contributed by atoms with Gasteiger partial charge in [0.2, 0.25) is 0 Å². The van der Waals surface area contributed by atoms with Crippen molar-refractivity contribution in [2.75, 3.05) is 0 Å². The van der Waals surface area contributed by atoms with Gasteiger partial charge in [0, 0.05) is 12.6 Å². The second kappa shape index (κ2) is 4.99. The summed E-state index contributed by atoms with van der Waals surface area (Å²) < 4.78 is 1.68. The predicted molar refractivity (Wildman–Crippen MR) is 62.1 cm³/mol. The van der Waals surface area contributed by atoms with E-state index in [1.54, 1.807) is 4.68 Å². The number of aryl methyl sites for hydroxylation is 2. The first-order chi connectivity index (χ1) is 6.97. The Kier molecular flexibility index (Phi) is 4.17. The summed E-state index contributed by atoms with van der Waals surface area (Å²) in [4.78, 5) is 0. The molecule has 4 heteroatoms. The first kappa shape index (κ1) is 12.5. The van der Waals surface area contributed by atoms with E-state index in [0.29, 0.717) is 5.15 Å². The van der Waals surface area contributed by atoms with Crippen molar-refractivity contribution in [1.29, 1.82) is 0 Å². The minimum atomic E-state index is -0.300. The molecule has 0 aliphatic rings. The molecule has 0 radical (unpaired) electrons. The maximum Gasteiger partial charge on any atom is 0.130 e. The molecule has 0 aliphatic carbocycles. The molecule has 15 heavy (non-hydrogen) atoms. The van der Waals surface area contributed by atoms with Crippen LogP contribution in [0.15, 0.2) is 0 Å². The first-order valence-corrected chi connectivity index (χ1v) is 5.71.